The Balaban J connectivity index is 1.37. The Labute approximate surface area is 185 Å². The average molecular weight is 434 g/mol. The van der Waals surface area contributed by atoms with Crippen molar-refractivity contribution in [2.24, 2.45) is 0 Å². The van der Waals surface area contributed by atoms with Crippen LogP contribution >= 0.6 is 0 Å². The van der Waals surface area contributed by atoms with E-state index in [1.807, 2.05) is 12.1 Å². The van der Waals surface area contributed by atoms with Gasteiger partial charge in [0.25, 0.3) is 11.8 Å². The van der Waals surface area contributed by atoms with Crippen LogP contribution in [0.3, 0.4) is 0 Å². The molecular formula is C24H23FN4O3. The third kappa shape index (κ3) is 5.21. The van der Waals surface area contributed by atoms with Crippen molar-refractivity contribution >= 4 is 29.0 Å². The number of hydrogen-bond donors (Lipinski definition) is 2. The predicted molar refractivity (Wildman–Crippen MR) is 121 cm³/mol. The largest absolute Gasteiger partial charge is 0.483 e. The summed E-state index contributed by atoms with van der Waals surface area (Å²) in [5.41, 5.74) is 0.900. The van der Waals surface area contributed by atoms with Gasteiger partial charge in [-0.1, -0.05) is 24.3 Å². The highest BCUT2D eigenvalue weighted by atomic mass is 19.1. The molecule has 1 aliphatic rings. The number of amides is 2. The van der Waals surface area contributed by atoms with E-state index < -0.39 is 11.7 Å². The first-order valence-electron chi connectivity index (χ1n) is 10.4. The molecule has 0 unspecified atom stereocenters. The third-order valence-corrected chi connectivity index (χ3v) is 5.07. The summed E-state index contributed by atoms with van der Waals surface area (Å²) in [7, 11) is 0. The van der Waals surface area contributed by atoms with Crippen molar-refractivity contribution in [2.75, 3.05) is 35.2 Å². The molecular weight excluding hydrogens is 411 g/mol. The molecule has 0 radical (unpaired) electrons. The van der Waals surface area contributed by atoms with Crippen LogP contribution in [0.15, 0.2) is 66.9 Å². The lowest BCUT2D eigenvalue weighted by atomic mass is 10.2. The number of aromatic nitrogens is 1. The van der Waals surface area contributed by atoms with Crippen LogP contribution in [-0.2, 0) is 4.79 Å². The molecule has 4 rings (SSSR count). The van der Waals surface area contributed by atoms with Gasteiger partial charge in [0.2, 0.25) is 0 Å². The highest BCUT2D eigenvalue weighted by Crippen LogP contribution is 2.22. The zero-order valence-corrected chi connectivity index (χ0v) is 17.4. The molecule has 2 amide bonds. The smallest absolute Gasteiger partial charge is 0.262 e. The zero-order valence-electron chi connectivity index (χ0n) is 17.4. The summed E-state index contributed by atoms with van der Waals surface area (Å²) >= 11 is 0. The molecule has 1 aliphatic heterocycles. The van der Waals surface area contributed by atoms with Crippen molar-refractivity contribution < 1.29 is 18.7 Å². The Morgan fingerprint density at radius 1 is 0.969 bits per heavy atom. The van der Waals surface area contributed by atoms with Crippen molar-refractivity contribution in [2.45, 2.75) is 12.8 Å². The highest BCUT2D eigenvalue weighted by Gasteiger charge is 2.16. The number of ether oxygens (including phenoxy) is 1. The van der Waals surface area contributed by atoms with Gasteiger partial charge in [0, 0.05) is 13.1 Å². The van der Waals surface area contributed by atoms with Crippen molar-refractivity contribution in [1.29, 1.82) is 0 Å². The zero-order chi connectivity index (χ0) is 22.3. The van der Waals surface area contributed by atoms with Crippen LogP contribution in [0.4, 0.5) is 21.6 Å². The number of carbonyl (C=O) groups is 2. The van der Waals surface area contributed by atoms with Gasteiger partial charge in [-0.2, -0.15) is 0 Å². The predicted octanol–water partition coefficient (Wildman–Crippen LogP) is 4.09. The molecule has 1 fully saturated rings. The molecule has 7 nitrogen and oxygen atoms in total. The summed E-state index contributed by atoms with van der Waals surface area (Å²) in [4.78, 5) is 31.6. The monoisotopic (exact) mass is 434 g/mol. The Hall–Kier alpha value is -3.94. The maximum absolute atomic E-state index is 13.7. The second-order valence-electron chi connectivity index (χ2n) is 7.37. The van der Waals surface area contributed by atoms with Gasteiger partial charge in [-0.15, -0.1) is 0 Å². The minimum absolute atomic E-state index is 0.0667. The minimum atomic E-state index is -0.537. The second kappa shape index (κ2) is 9.91. The molecule has 0 aliphatic carbocycles. The SMILES string of the molecule is O=C(COc1ccccc1C(=O)Nc1ccc(N2CCCC2)nc1)Nc1ccccc1F. The molecule has 0 atom stereocenters. The minimum Gasteiger partial charge on any atom is -0.483 e. The number of nitrogens with zero attached hydrogens (tertiary/aromatic N) is 2. The van der Waals surface area contributed by atoms with Gasteiger partial charge >= 0.3 is 0 Å². The standard InChI is InChI=1S/C24H23FN4O3/c25-19-8-2-3-9-20(19)28-23(30)16-32-21-10-4-1-7-18(21)24(31)27-17-11-12-22(26-15-17)29-13-5-6-14-29/h1-4,7-12,15H,5-6,13-14,16H2,(H,27,31)(H,28,30). The molecule has 3 aromatic rings. The summed E-state index contributed by atoms with van der Waals surface area (Å²) < 4.78 is 19.2. The summed E-state index contributed by atoms with van der Waals surface area (Å²) in [5, 5.41) is 5.25. The fourth-order valence-electron chi connectivity index (χ4n) is 3.46. The Morgan fingerprint density at radius 3 is 2.47 bits per heavy atom. The fraction of sp³-hybridized carbons (Fsp3) is 0.208. The van der Waals surface area contributed by atoms with Gasteiger partial charge in [0.15, 0.2) is 6.61 Å². The van der Waals surface area contributed by atoms with E-state index in [1.165, 1.54) is 18.2 Å². The average Bonchev–Trinajstić information content (AvgIpc) is 3.35. The topological polar surface area (TPSA) is 83.6 Å². The second-order valence-corrected chi connectivity index (χ2v) is 7.37. The summed E-state index contributed by atoms with van der Waals surface area (Å²) in [6, 6.07) is 16.2. The third-order valence-electron chi connectivity index (χ3n) is 5.07. The lowest BCUT2D eigenvalue weighted by Gasteiger charge is -2.16. The van der Waals surface area contributed by atoms with Crippen LogP contribution < -0.4 is 20.3 Å². The van der Waals surface area contributed by atoms with Crippen LogP contribution in [-0.4, -0.2) is 36.5 Å². The van der Waals surface area contributed by atoms with Crippen LogP contribution in [0.1, 0.15) is 23.2 Å². The first-order valence-corrected chi connectivity index (χ1v) is 10.4. The number of hydrogen-bond acceptors (Lipinski definition) is 5. The number of para-hydroxylation sites is 2. The van der Waals surface area contributed by atoms with Crippen LogP contribution in [0.25, 0.3) is 0 Å². The molecule has 2 N–H and O–H groups in total. The lowest BCUT2D eigenvalue weighted by Crippen LogP contribution is -2.22. The van der Waals surface area contributed by atoms with Crippen molar-refractivity contribution in [1.82, 2.24) is 4.98 Å². The Bertz CT molecular complexity index is 1100. The number of carbonyl (C=O) groups excluding carboxylic acids is 2. The molecule has 0 saturated carbocycles. The van der Waals surface area contributed by atoms with Gasteiger partial charge in [-0.3, -0.25) is 9.59 Å². The highest BCUT2D eigenvalue weighted by molar-refractivity contribution is 6.06. The van der Waals surface area contributed by atoms with E-state index in [4.69, 9.17) is 4.74 Å². The van der Waals surface area contributed by atoms with Crippen LogP contribution in [0.2, 0.25) is 0 Å². The molecule has 0 bridgehead atoms. The fourth-order valence-corrected chi connectivity index (χ4v) is 3.46. The molecule has 164 valence electrons. The van der Waals surface area contributed by atoms with E-state index in [0.29, 0.717) is 5.69 Å². The summed E-state index contributed by atoms with van der Waals surface area (Å²) in [6.07, 6.45) is 3.95. The van der Waals surface area contributed by atoms with Gasteiger partial charge in [-0.25, -0.2) is 9.37 Å². The Kier molecular flexibility index (Phi) is 6.60. The first kappa shape index (κ1) is 21.3. The number of halogens is 1. The molecule has 2 heterocycles. The maximum Gasteiger partial charge on any atom is 0.262 e. The number of anilines is 3. The van der Waals surface area contributed by atoms with Crippen molar-refractivity contribution in [3.05, 3.63) is 78.2 Å². The molecule has 2 aromatic carbocycles. The molecule has 1 saturated heterocycles. The number of pyridine rings is 1. The van der Waals surface area contributed by atoms with Gasteiger partial charge in [-0.05, 0) is 49.2 Å². The van der Waals surface area contributed by atoms with E-state index >= 15 is 0 Å². The number of nitrogens with one attached hydrogen (secondary N) is 2. The molecule has 32 heavy (non-hydrogen) atoms. The van der Waals surface area contributed by atoms with E-state index in [0.717, 1.165) is 31.7 Å². The van der Waals surface area contributed by atoms with E-state index in [1.54, 1.807) is 36.5 Å². The summed E-state index contributed by atoms with van der Waals surface area (Å²) in [6.45, 7) is 1.62. The van der Waals surface area contributed by atoms with Crippen LogP contribution in [0, 0.1) is 5.82 Å². The number of benzene rings is 2. The van der Waals surface area contributed by atoms with E-state index in [9.17, 15) is 14.0 Å². The van der Waals surface area contributed by atoms with Crippen molar-refractivity contribution in [3.8, 4) is 5.75 Å². The number of rotatable bonds is 7. The van der Waals surface area contributed by atoms with E-state index in [2.05, 4.69) is 20.5 Å². The van der Waals surface area contributed by atoms with Gasteiger partial charge in [0.1, 0.15) is 17.4 Å². The van der Waals surface area contributed by atoms with Crippen LogP contribution in [0.5, 0.6) is 5.75 Å². The Morgan fingerprint density at radius 2 is 1.72 bits per heavy atom. The van der Waals surface area contributed by atoms with Crippen molar-refractivity contribution in [3.63, 3.8) is 0 Å². The lowest BCUT2D eigenvalue weighted by molar-refractivity contribution is -0.118. The molecule has 0 spiro atoms. The molecule has 8 heteroatoms. The normalized spacial score (nSPS) is 13.0. The maximum atomic E-state index is 13.7. The summed E-state index contributed by atoms with van der Waals surface area (Å²) in [5.74, 6) is -0.316. The molecule has 1 aromatic heterocycles. The van der Waals surface area contributed by atoms with E-state index in [-0.39, 0.29) is 29.5 Å². The first-order chi connectivity index (χ1) is 15.6. The van der Waals surface area contributed by atoms with Gasteiger partial charge < -0.3 is 20.3 Å². The van der Waals surface area contributed by atoms with Gasteiger partial charge in [0.05, 0.1) is 23.1 Å². The quantitative estimate of drug-likeness (QED) is 0.585.